The fraction of sp³-hybridized carbons (Fsp3) is 0.538. The fourth-order valence-electron chi connectivity index (χ4n) is 5.71. The van der Waals surface area contributed by atoms with Crippen LogP contribution in [0.25, 0.3) is 0 Å². The summed E-state index contributed by atoms with van der Waals surface area (Å²) in [5, 5.41) is 5.97. The van der Waals surface area contributed by atoms with Gasteiger partial charge in [0.05, 0.1) is 7.11 Å². The van der Waals surface area contributed by atoms with Crippen molar-refractivity contribution in [2.45, 2.75) is 64.0 Å². The second-order valence-corrected chi connectivity index (χ2v) is 9.53. The Kier molecular flexibility index (Phi) is 7.98. The molecule has 0 saturated heterocycles. The lowest BCUT2D eigenvalue weighted by atomic mass is 9.64. The van der Waals surface area contributed by atoms with E-state index in [-0.39, 0.29) is 17.7 Å². The Bertz CT molecular complexity index is 979. The third-order valence-corrected chi connectivity index (χ3v) is 7.41. The molecule has 2 aliphatic carbocycles. The van der Waals surface area contributed by atoms with Gasteiger partial charge in [-0.3, -0.25) is 9.59 Å². The van der Waals surface area contributed by atoms with Crippen molar-refractivity contribution in [1.82, 2.24) is 20.6 Å². The van der Waals surface area contributed by atoms with Crippen molar-refractivity contribution in [1.29, 1.82) is 0 Å². The molecule has 2 fully saturated rings. The first kappa shape index (κ1) is 24.0. The molecule has 2 aromatic heterocycles. The number of methoxy groups -OCH3 is 1. The van der Waals surface area contributed by atoms with Gasteiger partial charge >= 0.3 is 0 Å². The van der Waals surface area contributed by atoms with Crippen LogP contribution in [0.3, 0.4) is 0 Å². The van der Waals surface area contributed by atoms with Crippen molar-refractivity contribution in [2.24, 2.45) is 17.8 Å². The lowest BCUT2D eigenvalue weighted by molar-refractivity contribution is -0.123. The summed E-state index contributed by atoms with van der Waals surface area (Å²) < 4.78 is 5.25. The van der Waals surface area contributed by atoms with Gasteiger partial charge in [0.2, 0.25) is 11.8 Å². The summed E-state index contributed by atoms with van der Waals surface area (Å²) in [5.74, 6) is 1.97. The molecule has 2 aromatic rings. The molecular weight excluding hydrogens is 430 g/mol. The predicted molar refractivity (Wildman–Crippen MR) is 130 cm³/mol. The minimum Gasteiger partial charge on any atom is -0.480 e. The number of fused-ring (bicyclic) bond motifs is 1. The van der Waals surface area contributed by atoms with E-state index < -0.39 is 6.04 Å². The number of pyridine rings is 2. The molecule has 8 heteroatoms. The zero-order valence-electron chi connectivity index (χ0n) is 19.8. The first-order valence-electron chi connectivity index (χ1n) is 12.3. The third kappa shape index (κ3) is 5.85. The summed E-state index contributed by atoms with van der Waals surface area (Å²) in [6.45, 7) is 0.325. The van der Waals surface area contributed by atoms with Crippen LogP contribution in [0.15, 0.2) is 36.7 Å². The molecule has 182 valence electrons. The van der Waals surface area contributed by atoms with Gasteiger partial charge < -0.3 is 21.1 Å². The number of nitrogens with two attached hydrogens (primary N) is 1. The maximum Gasteiger partial charge on any atom is 0.257 e. The van der Waals surface area contributed by atoms with Gasteiger partial charge in [-0.05, 0) is 54.4 Å². The Balaban J connectivity index is 1.49. The molecule has 0 aromatic carbocycles. The Labute approximate surface area is 201 Å². The van der Waals surface area contributed by atoms with E-state index >= 15 is 0 Å². The molecule has 2 amide bonds. The van der Waals surface area contributed by atoms with Gasteiger partial charge in [-0.15, -0.1) is 0 Å². The maximum atomic E-state index is 13.3. The molecule has 2 saturated carbocycles. The largest absolute Gasteiger partial charge is 0.480 e. The molecule has 0 bridgehead atoms. The van der Waals surface area contributed by atoms with Crippen molar-refractivity contribution >= 4 is 17.6 Å². The van der Waals surface area contributed by atoms with Crippen molar-refractivity contribution < 1.29 is 14.3 Å². The van der Waals surface area contributed by atoms with E-state index in [1.807, 2.05) is 6.07 Å². The summed E-state index contributed by atoms with van der Waals surface area (Å²) in [5.41, 5.74) is 6.84. The summed E-state index contributed by atoms with van der Waals surface area (Å²) in [7, 11) is 1.48. The summed E-state index contributed by atoms with van der Waals surface area (Å²) >= 11 is 0. The summed E-state index contributed by atoms with van der Waals surface area (Å²) in [6, 6.07) is 6.26. The highest BCUT2D eigenvalue weighted by Gasteiger charge is 2.37. The van der Waals surface area contributed by atoms with Gasteiger partial charge in [-0.25, -0.2) is 9.97 Å². The lowest BCUT2D eigenvalue weighted by Crippen LogP contribution is -2.49. The highest BCUT2D eigenvalue weighted by Crippen LogP contribution is 2.45. The van der Waals surface area contributed by atoms with E-state index in [1.165, 1.54) is 45.6 Å². The molecule has 0 aliphatic heterocycles. The molecule has 4 N–H and O–H groups in total. The normalized spacial score (nSPS) is 22.8. The minimum absolute atomic E-state index is 0.189. The van der Waals surface area contributed by atoms with E-state index in [1.54, 1.807) is 30.6 Å². The van der Waals surface area contributed by atoms with Gasteiger partial charge in [-0.2, -0.15) is 0 Å². The Hall–Kier alpha value is -3.16. The van der Waals surface area contributed by atoms with Crippen molar-refractivity contribution in [3.63, 3.8) is 0 Å². The second-order valence-electron chi connectivity index (χ2n) is 9.53. The molecule has 4 atom stereocenters. The maximum absolute atomic E-state index is 13.3. The van der Waals surface area contributed by atoms with Gasteiger partial charge in [0.25, 0.3) is 5.91 Å². The summed E-state index contributed by atoms with van der Waals surface area (Å²) in [6.07, 6.45) is 12.6. The monoisotopic (exact) mass is 465 g/mol. The van der Waals surface area contributed by atoms with Crippen LogP contribution < -0.4 is 21.1 Å². The molecule has 2 aliphatic rings. The van der Waals surface area contributed by atoms with Gasteiger partial charge in [-0.1, -0.05) is 44.6 Å². The van der Waals surface area contributed by atoms with Crippen molar-refractivity contribution in [2.75, 3.05) is 12.8 Å². The molecule has 4 rings (SSSR count). The average molecular weight is 466 g/mol. The molecular formula is C26H35N5O3. The first-order valence-corrected chi connectivity index (χ1v) is 12.3. The lowest BCUT2D eigenvalue weighted by Gasteiger charge is -2.42. The number of ether oxygens (including phenoxy) is 1. The first-order chi connectivity index (χ1) is 16.5. The predicted octanol–water partition coefficient (Wildman–Crippen LogP) is 3.48. The highest BCUT2D eigenvalue weighted by atomic mass is 16.5. The highest BCUT2D eigenvalue weighted by molar-refractivity contribution is 5.99. The molecule has 2 heterocycles. The average Bonchev–Trinajstić information content (AvgIpc) is 2.87. The van der Waals surface area contributed by atoms with Crippen molar-refractivity contribution in [3.05, 3.63) is 47.8 Å². The van der Waals surface area contributed by atoms with E-state index in [2.05, 4.69) is 20.6 Å². The van der Waals surface area contributed by atoms with Crippen LogP contribution in [0.4, 0.5) is 5.82 Å². The number of aromatic nitrogens is 2. The van der Waals surface area contributed by atoms with Gasteiger partial charge in [0.1, 0.15) is 17.4 Å². The number of hydrogen-bond donors (Lipinski definition) is 3. The van der Waals surface area contributed by atoms with Crippen LogP contribution in [-0.4, -0.2) is 34.9 Å². The number of carbonyl (C=O) groups is 2. The van der Waals surface area contributed by atoms with E-state index in [0.717, 1.165) is 17.9 Å². The number of nitrogens with zero attached hydrogens (tertiary/aromatic N) is 2. The van der Waals surface area contributed by atoms with Crippen LogP contribution >= 0.6 is 0 Å². The summed E-state index contributed by atoms with van der Waals surface area (Å²) in [4.78, 5) is 34.7. The zero-order valence-corrected chi connectivity index (χ0v) is 19.8. The van der Waals surface area contributed by atoms with Crippen LogP contribution in [0.2, 0.25) is 0 Å². The number of amides is 2. The quantitative estimate of drug-likeness (QED) is 0.549. The minimum atomic E-state index is -0.634. The van der Waals surface area contributed by atoms with Crippen LogP contribution in [0.5, 0.6) is 5.88 Å². The number of nitrogen functional groups attached to an aromatic ring is 1. The van der Waals surface area contributed by atoms with Crippen LogP contribution in [-0.2, 0) is 11.3 Å². The van der Waals surface area contributed by atoms with E-state index in [0.29, 0.717) is 36.2 Å². The zero-order chi connectivity index (χ0) is 23.9. The number of nitrogens with one attached hydrogen (secondary N) is 2. The third-order valence-electron chi connectivity index (χ3n) is 7.41. The van der Waals surface area contributed by atoms with Gasteiger partial charge in [0.15, 0.2) is 0 Å². The molecule has 8 nitrogen and oxygen atoms in total. The second kappa shape index (κ2) is 11.3. The number of hydrogen-bond acceptors (Lipinski definition) is 6. The number of carbonyl (C=O) groups excluding carboxylic acids is 2. The Morgan fingerprint density at radius 3 is 2.74 bits per heavy atom. The molecule has 3 unspecified atom stereocenters. The topological polar surface area (TPSA) is 119 Å². The van der Waals surface area contributed by atoms with Crippen LogP contribution in [0.1, 0.15) is 67.3 Å². The molecule has 0 spiro atoms. The van der Waals surface area contributed by atoms with E-state index in [4.69, 9.17) is 10.5 Å². The van der Waals surface area contributed by atoms with Gasteiger partial charge in [0, 0.05) is 18.9 Å². The molecule has 0 radical (unpaired) electrons. The molecule has 34 heavy (non-hydrogen) atoms. The van der Waals surface area contributed by atoms with Crippen molar-refractivity contribution in [3.8, 4) is 5.88 Å². The standard InChI is InChI=1S/C26H35N5O3/c1-34-26-21(10-5-13-28-26)24(32)31-22(25(33)30-16-17-11-12-23(27)29-15-17)14-19-8-4-7-18-6-2-3-9-20(18)19/h5,10-13,15,18-20,22H,2-4,6-9,14,16H2,1H3,(H2,27,29)(H,30,33)(H,31,32)/t18?,19?,20?,22-/m0/s1. The number of rotatable bonds is 8. The SMILES string of the molecule is COc1ncccc1C(=O)N[C@@H](CC1CCCC2CCCCC21)C(=O)NCc1ccc(N)nc1. The number of anilines is 1. The Morgan fingerprint density at radius 2 is 1.94 bits per heavy atom. The van der Waals surface area contributed by atoms with Crippen LogP contribution in [0, 0.1) is 17.8 Å². The fourth-order valence-corrected chi connectivity index (χ4v) is 5.71. The Morgan fingerprint density at radius 1 is 1.12 bits per heavy atom. The van der Waals surface area contributed by atoms with E-state index in [9.17, 15) is 9.59 Å². The smallest absolute Gasteiger partial charge is 0.257 e.